The van der Waals surface area contributed by atoms with Gasteiger partial charge in [0.15, 0.2) is 0 Å². The molecule has 0 amide bonds. The number of rotatable bonds is 0. The number of allylic oxidation sites excluding steroid dienone is 2. The highest BCUT2D eigenvalue weighted by atomic mass is 14.3. The van der Waals surface area contributed by atoms with Crippen LogP contribution >= 0.6 is 0 Å². The molecule has 2 atom stereocenters. The van der Waals surface area contributed by atoms with E-state index < -0.39 is 43.0 Å². The van der Waals surface area contributed by atoms with E-state index in [9.17, 15) is 0 Å². The molecule has 2 bridgehead atoms. The first-order chi connectivity index (χ1) is 7.32. The Hall–Kier alpha value is -0.260. The van der Waals surface area contributed by atoms with Crippen LogP contribution in [0.5, 0.6) is 0 Å². The molecule has 0 saturated heterocycles. The predicted molar refractivity (Wildman–Crippen MR) is 30.0 cm³/mol. The van der Waals surface area contributed by atoms with Crippen molar-refractivity contribution >= 4 is 0 Å². The van der Waals surface area contributed by atoms with Crippen molar-refractivity contribution in [2.45, 2.75) is 19.1 Å². The maximum Gasteiger partial charge on any atom is 0.0576 e. The van der Waals surface area contributed by atoms with E-state index in [4.69, 9.17) is 13.7 Å². The van der Waals surface area contributed by atoms with Gasteiger partial charge in [-0.3, -0.25) is 0 Å². The highest BCUT2D eigenvalue weighted by Crippen LogP contribution is 2.38. The molecular formula is C7H10. The first kappa shape index (κ1) is 0.706. The molecule has 2 unspecified atom stereocenters. The lowest BCUT2D eigenvalue weighted by Gasteiger charge is -1.96. The summed E-state index contributed by atoms with van der Waals surface area (Å²) in [6.45, 7) is 0. The van der Waals surface area contributed by atoms with Gasteiger partial charge >= 0.3 is 0 Å². The standard InChI is InChI=1S/C7H10/c1-2-7-4-3-6(1)5-7/h1-2,6-7H,3-5H2/i1D,2D,3D2,4D2,5D2,6D,7D. The first-order valence-electron chi connectivity index (χ1n) is 7.00. The van der Waals surface area contributed by atoms with Crippen LogP contribution < -0.4 is 0 Å². The lowest BCUT2D eigenvalue weighted by Crippen LogP contribution is -1.82. The fraction of sp³-hybridized carbons (Fsp3) is 0.714. The van der Waals surface area contributed by atoms with Crippen LogP contribution in [0.15, 0.2) is 12.1 Å². The van der Waals surface area contributed by atoms with Crippen LogP contribution in [-0.4, -0.2) is 0 Å². The summed E-state index contributed by atoms with van der Waals surface area (Å²) in [4.78, 5) is 0. The van der Waals surface area contributed by atoms with Gasteiger partial charge in [0, 0.05) is 11.0 Å². The van der Waals surface area contributed by atoms with E-state index >= 15 is 0 Å². The summed E-state index contributed by atoms with van der Waals surface area (Å²) in [6, 6.07) is -1.89. The van der Waals surface area contributed by atoms with Gasteiger partial charge < -0.3 is 0 Å². The van der Waals surface area contributed by atoms with Crippen molar-refractivity contribution < 1.29 is 13.7 Å². The summed E-state index contributed by atoms with van der Waals surface area (Å²) >= 11 is 0. The van der Waals surface area contributed by atoms with E-state index in [1.165, 1.54) is 0 Å². The molecule has 0 nitrogen and oxygen atoms in total. The molecule has 0 aliphatic heterocycles. The topological polar surface area (TPSA) is 0 Å². The Labute approximate surface area is 58.3 Å². The van der Waals surface area contributed by atoms with E-state index in [1.54, 1.807) is 0 Å². The molecule has 0 heterocycles. The molecule has 0 N–H and O–H groups in total. The lowest BCUT2D eigenvalue weighted by molar-refractivity contribution is 0.691. The van der Waals surface area contributed by atoms with Crippen molar-refractivity contribution in [2.24, 2.45) is 11.8 Å². The van der Waals surface area contributed by atoms with Crippen LogP contribution in [0.3, 0.4) is 0 Å². The second-order valence-corrected chi connectivity index (χ2v) is 1.38. The highest BCUT2D eigenvalue weighted by molar-refractivity contribution is 5.06. The molecule has 2 rings (SSSR count). The third-order valence-electron chi connectivity index (χ3n) is 0.875. The number of hydrogen-bond donors (Lipinski definition) is 0. The molecule has 2 aliphatic carbocycles. The van der Waals surface area contributed by atoms with Crippen LogP contribution in [0.2, 0.25) is 0 Å². The summed E-state index contributed by atoms with van der Waals surface area (Å²) in [6.07, 6.45) is -9.03. The molecule has 0 aromatic rings. The van der Waals surface area contributed by atoms with Crippen molar-refractivity contribution in [3.05, 3.63) is 12.1 Å². The maximum absolute atomic E-state index is 7.82. The monoisotopic (exact) mass is 104 g/mol. The van der Waals surface area contributed by atoms with Crippen molar-refractivity contribution in [1.82, 2.24) is 0 Å². The molecule has 0 spiro atoms. The van der Waals surface area contributed by atoms with Crippen LogP contribution in [0.1, 0.15) is 32.8 Å². The summed E-state index contributed by atoms with van der Waals surface area (Å²) in [7, 11) is 0. The first-order valence-corrected chi connectivity index (χ1v) is 2.00. The molecule has 1 fully saturated rings. The van der Waals surface area contributed by atoms with Crippen molar-refractivity contribution in [3.63, 3.8) is 0 Å². The largest absolute Gasteiger partial charge is 0.0851 e. The average molecular weight is 104 g/mol. The van der Waals surface area contributed by atoms with E-state index in [1.807, 2.05) is 0 Å². The van der Waals surface area contributed by atoms with Crippen LogP contribution in [0, 0.1) is 11.8 Å². The van der Waals surface area contributed by atoms with E-state index in [2.05, 4.69) is 0 Å². The van der Waals surface area contributed by atoms with Gasteiger partial charge in [0.2, 0.25) is 0 Å². The van der Waals surface area contributed by atoms with Gasteiger partial charge in [0.25, 0.3) is 0 Å². The minimum absolute atomic E-state index is 0.947. The smallest absolute Gasteiger partial charge is 0.0576 e. The quantitative estimate of drug-likeness (QED) is 0.412. The zero-order chi connectivity index (χ0) is 13.7. The third-order valence-corrected chi connectivity index (χ3v) is 0.875. The van der Waals surface area contributed by atoms with Crippen LogP contribution in [0.4, 0.5) is 0 Å². The minimum atomic E-state index is -3.03. The second kappa shape index (κ2) is 1.12. The normalized spacial score (nSPS) is 112. The maximum atomic E-state index is 7.82. The SMILES string of the molecule is [2H]C1=C([2H])C2([2H])C([2H])([2H])C([2H])([2H])C1([2H])C2([2H])[2H]. The predicted octanol–water partition coefficient (Wildman–Crippen LogP) is 1.97. The fourth-order valence-corrected chi connectivity index (χ4v) is 0.562. The molecule has 7 heavy (non-hydrogen) atoms. The Morgan fingerprint density at radius 3 is 2.57 bits per heavy atom. The van der Waals surface area contributed by atoms with Gasteiger partial charge in [-0.1, -0.05) is 12.1 Å². The molecular weight excluding hydrogens is 84.1 g/mol. The molecule has 2 aliphatic rings. The molecule has 0 heteroatoms. The van der Waals surface area contributed by atoms with Gasteiger partial charge in [-0.25, -0.2) is 0 Å². The van der Waals surface area contributed by atoms with E-state index in [-0.39, 0.29) is 0 Å². The molecule has 0 radical (unpaired) electrons. The third kappa shape index (κ3) is 0.425. The van der Waals surface area contributed by atoms with Crippen molar-refractivity contribution in [1.29, 1.82) is 0 Å². The van der Waals surface area contributed by atoms with Crippen LogP contribution in [0.25, 0.3) is 0 Å². The summed E-state index contributed by atoms with van der Waals surface area (Å²) in [5, 5.41) is 0. The van der Waals surface area contributed by atoms with Gasteiger partial charge in [-0.15, -0.1) is 0 Å². The van der Waals surface area contributed by atoms with Gasteiger partial charge in [-0.05, 0) is 30.9 Å². The minimum Gasteiger partial charge on any atom is -0.0851 e. The zero-order valence-electron chi connectivity index (χ0n) is 13.5. The van der Waals surface area contributed by atoms with Gasteiger partial charge in [-0.2, -0.15) is 0 Å². The number of hydrogen-bond acceptors (Lipinski definition) is 0. The summed E-state index contributed by atoms with van der Waals surface area (Å²) < 4.78 is 76.2. The zero-order valence-corrected chi connectivity index (χ0v) is 3.50. The average Bonchev–Trinajstić information content (AvgIpc) is 2.33. The number of fused-ring (bicyclic) bond motifs is 2. The van der Waals surface area contributed by atoms with Gasteiger partial charge in [0.1, 0.15) is 0 Å². The lowest BCUT2D eigenvalue weighted by atomic mass is 10.1. The second-order valence-electron chi connectivity index (χ2n) is 1.38. The highest BCUT2D eigenvalue weighted by Gasteiger charge is 2.25. The Kier molecular flexibility index (Phi) is 0.113. The molecule has 0 aromatic carbocycles. The molecule has 0 aromatic heterocycles. The van der Waals surface area contributed by atoms with E-state index in [0.717, 1.165) is 0 Å². The Bertz CT molecular complexity index is 398. The van der Waals surface area contributed by atoms with Crippen LogP contribution in [-0.2, 0) is 0 Å². The van der Waals surface area contributed by atoms with E-state index in [0.29, 0.717) is 0 Å². The molecule has 1 saturated carbocycles. The van der Waals surface area contributed by atoms with Crippen molar-refractivity contribution in [3.8, 4) is 0 Å². The Balaban J connectivity index is 2.93. The summed E-state index contributed by atoms with van der Waals surface area (Å²) in [5.41, 5.74) is 0. The Morgan fingerprint density at radius 2 is 2.14 bits per heavy atom. The summed E-state index contributed by atoms with van der Waals surface area (Å²) in [5.74, 6) is -5.72. The Morgan fingerprint density at radius 1 is 1.57 bits per heavy atom. The molecule has 38 valence electrons. The fourth-order valence-electron chi connectivity index (χ4n) is 0.562. The van der Waals surface area contributed by atoms with Gasteiger partial charge in [0.05, 0.1) is 2.74 Å². The van der Waals surface area contributed by atoms with Crippen molar-refractivity contribution in [2.75, 3.05) is 0 Å².